The van der Waals surface area contributed by atoms with Crippen molar-refractivity contribution in [3.63, 3.8) is 0 Å². The third-order valence-electron chi connectivity index (χ3n) is 2.23. The summed E-state index contributed by atoms with van der Waals surface area (Å²) in [5.41, 5.74) is 7.33. The Morgan fingerprint density at radius 2 is 2.00 bits per heavy atom. The standard InChI is InChI=1S/C12H19FN2/c1-9-7-10(5-6-11(9)13)15(4)8-12(2,3)14/h5-7H,8,14H2,1-4H3. The second-order valence-electron chi connectivity index (χ2n) is 4.78. The summed E-state index contributed by atoms with van der Waals surface area (Å²) in [6.45, 7) is 6.44. The topological polar surface area (TPSA) is 29.3 Å². The van der Waals surface area contributed by atoms with E-state index in [1.807, 2.05) is 31.9 Å². The SMILES string of the molecule is Cc1cc(N(C)CC(C)(C)N)ccc1F. The van der Waals surface area contributed by atoms with Crippen molar-refractivity contribution in [1.82, 2.24) is 0 Å². The van der Waals surface area contributed by atoms with Crippen LogP contribution in [-0.4, -0.2) is 19.1 Å². The van der Waals surface area contributed by atoms with E-state index in [1.54, 1.807) is 13.0 Å². The molecule has 0 bridgehead atoms. The first-order chi connectivity index (χ1) is 6.79. The fourth-order valence-electron chi connectivity index (χ4n) is 1.57. The van der Waals surface area contributed by atoms with Gasteiger partial charge in [0.05, 0.1) is 0 Å². The second-order valence-corrected chi connectivity index (χ2v) is 4.78. The number of aryl methyl sites for hydroxylation is 1. The molecule has 0 fully saturated rings. The highest BCUT2D eigenvalue weighted by Gasteiger charge is 2.14. The molecule has 0 aliphatic carbocycles. The maximum atomic E-state index is 13.1. The van der Waals surface area contributed by atoms with Crippen molar-refractivity contribution in [1.29, 1.82) is 0 Å². The van der Waals surface area contributed by atoms with Crippen LogP contribution in [0.15, 0.2) is 18.2 Å². The van der Waals surface area contributed by atoms with Crippen molar-refractivity contribution in [3.05, 3.63) is 29.6 Å². The minimum Gasteiger partial charge on any atom is -0.373 e. The molecule has 0 atom stereocenters. The predicted octanol–water partition coefficient (Wildman–Crippen LogP) is 2.31. The van der Waals surface area contributed by atoms with E-state index in [4.69, 9.17) is 5.73 Å². The fraction of sp³-hybridized carbons (Fsp3) is 0.500. The summed E-state index contributed by atoms with van der Waals surface area (Å²) in [7, 11) is 1.96. The molecular formula is C12H19FN2. The third-order valence-corrected chi connectivity index (χ3v) is 2.23. The molecule has 0 aliphatic rings. The van der Waals surface area contributed by atoms with Crippen LogP contribution in [0.25, 0.3) is 0 Å². The number of nitrogens with two attached hydrogens (primary N) is 1. The zero-order valence-corrected chi connectivity index (χ0v) is 9.84. The molecular weight excluding hydrogens is 191 g/mol. The summed E-state index contributed by atoms with van der Waals surface area (Å²) < 4.78 is 13.1. The maximum absolute atomic E-state index is 13.1. The van der Waals surface area contributed by atoms with Gasteiger partial charge in [-0.05, 0) is 44.5 Å². The predicted molar refractivity (Wildman–Crippen MR) is 62.7 cm³/mol. The third kappa shape index (κ3) is 3.51. The molecule has 0 radical (unpaired) electrons. The molecule has 0 saturated carbocycles. The maximum Gasteiger partial charge on any atom is 0.126 e. The number of likely N-dealkylation sites (N-methyl/N-ethyl adjacent to an activating group) is 1. The lowest BCUT2D eigenvalue weighted by Crippen LogP contribution is -2.44. The Hall–Kier alpha value is -1.09. The molecule has 0 aromatic heterocycles. The van der Waals surface area contributed by atoms with Gasteiger partial charge in [0, 0.05) is 24.8 Å². The number of hydrogen-bond acceptors (Lipinski definition) is 2. The summed E-state index contributed by atoms with van der Waals surface area (Å²) in [6.07, 6.45) is 0. The van der Waals surface area contributed by atoms with Gasteiger partial charge in [-0.15, -0.1) is 0 Å². The molecule has 3 heteroatoms. The Kier molecular flexibility index (Phi) is 3.35. The number of nitrogens with zero attached hydrogens (tertiary/aromatic N) is 1. The van der Waals surface area contributed by atoms with Crippen LogP contribution in [0.4, 0.5) is 10.1 Å². The van der Waals surface area contributed by atoms with Crippen molar-refractivity contribution in [2.24, 2.45) is 5.73 Å². The smallest absolute Gasteiger partial charge is 0.126 e. The minimum absolute atomic E-state index is 0.167. The van der Waals surface area contributed by atoms with Crippen LogP contribution < -0.4 is 10.6 Å². The van der Waals surface area contributed by atoms with Gasteiger partial charge in [-0.2, -0.15) is 0 Å². The van der Waals surface area contributed by atoms with Gasteiger partial charge in [0.15, 0.2) is 0 Å². The Morgan fingerprint density at radius 3 is 2.47 bits per heavy atom. The molecule has 0 amide bonds. The van der Waals surface area contributed by atoms with Crippen LogP contribution >= 0.6 is 0 Å². The molecule has 0 spiro atoms. The molecule has 2 nitrogen and oxygen atoms in total. The van der Waals surface area contributed by atoms with E-state index in [1.165, 1.54) is 6.07 Å². The van der Waals surface area contributed by atoms with Crippen LogP contribution in [0.1, 0.15) is 19.4 Å². The van der Waals surface area contributed by atoms with Gasteiger partial charge in [0.2, 0.25) is 0 Å². The zero-order valence-electron chi connectivity index (χ0n) is 9.84. The number of hydrogen-bond donors (Lipinski definition) is 1. The number of anilines is 1. The second kappa shape index (κ2) is 4.19. The van der Waals surface area contributed by atoms with Crippen LogP contribution in [-0.2, 0) is 0 Å². The summed E-state index contributed by atoms with van der Waals surface area (Å²) in [5.74, 6) is -0.167. The molecule has 15 heavy (non-hydrogen) atoms. The highest BCUT2D eigenvalue weighted by atomic mass is 19.1. The number of halogens is 1. The lowest BCUT2D eigenvalue weighted by Gasteiger charge is -2.28. The van der Waals surface area contributed by atoms with Crippen LogP contribution in [0.5, 0.6) is 0 Å². The average Bonchev–Trinajstić information content (AvgIpc) is 2.06. The van der Waals surface area contributed by atoms with Crippen molar-refractivity contribution in [2.75, 3.05) is 18.5 Å². The van der Waals surface area contributed by atoms with E-state index in [2.05, 4.69) is 0 Å². The molecule has 1 rings (SSSR count). The molecule has 2 N–H and O–H groups in total. The number of benzene rings is 1. The van der Waals surface area contributed by atoms with E-state index in [0.29, 0.717) is 5.56 Å². The van der Waals surface area contributed by atoms with Gasteiger partial charge < -0.3 is 10.6 Å². The van der Waals surface area contributed by atoms with Crippen molar-refractivity contribution in [3.8, 4) is 0 Å². The van der Waals surface area contributed by atoms with E-state index < -0.39 is 0 Å². The molecule has 0 aliphatic heterocycles. The Balaban J connectivity index is 2.83. The van der Waals surface area contributed by atoms with Gasteiger partial charge >= 0.3 is 0 Å². The minimum atomic E-state index is -0.253. The normalized spacial score (nSPS) is 11.6. The summed E-state index contributed by atoms with van der Waals surface area (Å²) >= 11 is 0. The monoisotopic (exact) mass is 210 g/mol. The lowest BCUT2D eigenvalue weighted by molar-refractivity contribution is 0.519. The molecule has 0 unspecified atom stereocenters. The highest BCUT2D eigenvalue weighted by Crippen LogP contribution is 2.18. The largest absolute Gasteiger partial charge is 0.373 e. The van der Waals surface area contributed by atoms with E-state index >= 15 is 0 Å². The van der Waals surface area contributed by atoms with Crippen molar-refractivity contribution in [2.45, 2.75) is 26.3 Å². The van der Waals surface area contributed by atoms with Gasteiger partial charge in [0.1, 0.15) is 5.82 Å². The van der Waals surface area contributed by atoms with Gasteiger partial charge in [0.25, 0.3) is 0 Å². The van der Waals surface area contributed by atoms with Crippen LogP contribution in [0, 0.1) is 12.7 Å². The van der Waals surface area contributed by atoms with E-state index in [0.717, 1.165) is 12.2 Å². The molecule has 0 heterocycles. The van der Waals surface area contributed by atoms with E-state index in [-0.39, 0.29) is 11.4 Å². The first-order valence-corrected chi connectivity index (χ1v) is 5.06. The van der Waals surface area contributed by atoms with Gasteiger partial charge in [-0.25, -0.2) is 4.39 Å². The molecule has 84 valence electrons. The zero-order chi connectivity index (χ0) is 11.6. The van der Waals surface area contributed by atoms with Gasteiger partial charge in [-0.1, -0.05) is 0 Å². The van der Waals surface area contributed by atoms with Gasteiger partial charge in [-0.3, -0.25) is 0 Å². The Labute approximate surface area is 90.9 Å². The van der Waals surface area contributed by atoms with E-state index in [9.17, 15) is 4.39 Å². The Morgan fingerprint density at radius 1 is 1.40 bits per heavy atom. The van der Waals surface area contributed by atoms with Crippen molar-refractivity contribution < 1.29 is 4.39 Å². The van der Waals surface area contributed by atoms with Crippen molar-refractivity contribution >= 4 is 5.69 Å². The lowest BCUT2D eigenvalue weighted by atomic mass is 10.1. The molecule has 1 aromatic rings. The highest BCUT2D eigenvalue weighted by molar-refractivity contribution is 5.48. The average molecular weight is 210 g/mol. The summed E-state index contributed by atoms with van der Waals surface area (Å²) in [4.78, 5) is 2.03. The van der Waals surface area contributed by atoms with Crippen LogP contribution in [0.2, 0.25) is 0 Å². The molecule has 1 aromatic carbocycles. The first-order valence-electron chi connectivity index (χ1n) is 5.06. The first kappa shape index (κ1) is 12.0. The summed E-state index contributed by atoms with van der Waals surface area (Å²) in [5, 5.41) is 0. The Bertz CT molecular complexity index is 342. The van der Waals surface area contributed by atoms with Crippen LogP contribution in [0.3, 0.4) is 0 Å². The fourth-order valence-corrected chi connectivity index (χ4v) is 1.57. The quantitative estimate of drug-likeness (QED) is 0.829. The molecule has 0 saturated heterocycles. The number of rotatable bonds is 3. The summed E-state index contributed by atoms with van der Waals surface area (Å²) in [6, 6.07) is 5.10.